The Morgan fingerprint density at radius 1 is 1.10 bits per heavy atom. The summed E-state index contributed by atoms with van der Waals surface area (Å²) in [6.07, 6.45) is 10.1. The highest BCUT2D eigenvalue weighted by atomic mass is 35.5. The lowest BCUT2D eigenvalue weighted by atomic mass is 9.73. The van der Waals surface area contributed by atoms with Gasteiger partial charge >= 0.3 is 0 Å². The van der Waals surface area contributed by atoms with Crippen LogP contribution in [0.15, 0.2) is 43.0 Å². The predicted molar refractivity (Wildman–Crippen MR) is 117 cm³/mol. The van der Waals surface area contributed by atoms with Crippen LogP contribution in [-0.4, -0.2) is 33.0 Å². The van der Waals surface area contributed by atoms with E-state index in [1.165, 1.54) is 0 Å². The highest BCUT2D eigenvalue weighted by molar-refractivity contribution is 6.43. The average molecular weight is 429 g/mol. The maximum Gasteiger partial charge on any atom is 0.152 e. The molecule has 1 aromatic carbocycles. The van der Waals surface area contributed by atoms with E-state index in [-0.39, 0.29) is 5.41 Å². The first-order valence-electron chi connectivity index (χ1n) is 9.62. The lowest BCUT2D eigenvalue weighted by molar-refractivity contribution is 0.310. The van der Waals surface area contributed by atoms with Crippen molar-refractivity contribution in [3.8, 4) is 11.3 Å². The summed E-state index contributed by atoms with van der Waals surface area (Å²) >= 11 is 12.4. The van der Waals surface area contributed by atoms with Crippen molar-refractivity contribution in [2.75, 3.05) is 23.7 Å². The molecule has 3 aromatic rings. The molecule has 29 heavy (non-hydrogen) atoms. The Morgan fingerprint density at radius 2 is 1.90 bits per heavy atom. The molecule has 0 unspecified atom stereocenters. The van der Waals surface area contributed by atoms with Crippen molar-refractivity contribution in [1.82, 2.24) is 19.9 Å². The maximum absolute atomic E-state index is 6.32. The molecule has 4 rings (SSSR count). The second-order valence-electron chi connectivity index (χ2n) is 7.28. The number of rotatable bonds is 4. The molecule has 8 heteroatoms. The smallest absolute Gasteiger partial charge is 0.152 e. The van der Waals surface area contributed by atoms with Crippen molar-refractivity contribution in [3.63, 3.8) is 0 Å². The molecule has 1 fully saturated rings. The minimum atomic E-state index is 0.0536. The summed E-state index contributed by atoms with van der Waals surface area (Å²) in [6, 6.07) is 5.39. The standard InChI is InChI=1S/C21H22Cl2N6/c1-2-21(16-12-25-8-9-26-16)6-10-29(11-7-21)17-13-27-19(20(24)28-17)14-4-3-5-15(22)18(14)23/h3-5,8-9,12-13H,2,6-7,10-11H2,1H3,(H2,24,28). The maximum atomic E-state index is 6.32. The van der Waals surface area contributed by atoms with Crippen LogP contribution in [-0.2, 0) is 5.41 Å². The Morgan fingerprint density at radius 3 is 2.55 bits per heavy atom. The largest absolute Gasteiger partial charge is 0.382 e. The molecular weight excluding hydrogens is 407 g/mol. The molecule has 0 radical (unpaired) electrons. The molecular formula is C21H22Cl2N6. The van der Waals surface area contributed by atoms with E-state index in [0.717, 1.165) is 43.9 Å². The summed E-state index contributed by atoms with van der Waals surface area (Å²) < 4.78 is 0. The summed E-state index contributed by atoms with van der Waals surface area (Å²) in [5.74, 6) is 1.11. The van der Waals surface area contributed by atoms with E-state index in [9.17, 15) is 0 Å². The van der Waals surface area contributed by atoms with Gasteiger partial charge in [-0.05, 0) is 25.3 Å². The van der Waals surface area contributed by atoms with Gasteiger partial charge in [0, 0.05) is 42.7 Å². The number of hydrogen-bond donors (Lipinski definition) is 1. The first-order chi connectivity index (χ1) is 14.0. The van der Waals surface area contributed by atoms with Crippen molar-refractivity contribution >= 4 is 34.8 Å². The minimum absolute atomic E-state index is 0.0536. The Bertz CT molecular complexity index is 1000. The van der Waals surface area contributed by atoms with E-state index in [4.69, 9.17) is 28.9 Å². The van der Waals surface area contributed by atoms with Crippen LogP contribution in [0.4, 0.5) is 11.6 Å². The fourth-order valence-corrected chi connectivity index (χ4v) is 4.36. The van der Waals surface area contributed by atoms with Crippen molar-refractivity contribution in [2.45, 2.75) is 31.6 Å². The van der Waals surface area contributed by atoms with Gasteiger partial charge in [-0.25, -0.2) is 9.97 Å². The van der Waals surface area contributed by atoms with Crippen LogP contribution in [0.25, 0.3) is 11.3 Å². The molecule has 0 aliphatic carbocycles. The highest BCUT2D eigenvalue weighted by Gasteiger charge is 2.36. The van der Waals surface area contributed by atoms with Crippen LogP contribution >= 0.6 is 23.2 Å². The zero-order valence-corrected chi connectivity index (χ0v) is 17.7. The first kappa shape index (κ1) is 19.9. The minimum Gasteiger partial charge on any atom is -0.382 e. The molecule has 1 aliphatic rings. The number of nitrogens with zero attached hydrogens (tertiary/aromatic N) is 5. The topological polar surface area (TPSA) is 80.8 Å². The number of nitrogens with two attached hydrogens (primary N) is 1. The number of nitrogen functional groups attached to an aromatic ring is 1. The van der Waals surface area contributed by atoms with Gasteiger partial charge in [-0.15, -0.1) is 0 Å². The van der Waals surface area contributed by atoms with Gasteiger partial charge in [-0.2, -0.15) is 0 Å². The SMILES string of the molecule is CCC1(c2cnccn2)CCN(c2cnc(-c3cccc(Cl)c3Cl)c(N)n2)CC1. The van der Waals surface area contributed by atoms with Crippen LogP contribution in [0.2, 0.25) is 10.0 Å². The lowest BCUT2D eigenvalue weighted by Crippen LogP contribution is -2.43. The first-order valence-corrected chi connectivity index (χ1v) is 10.4. The Labute approximate surface area is 180 Å². The van der Waals surface area contributed by atoms with Crippen molar-refractivity contribution < 1.29 is 0 Å². The molecule has 2 N–H and O–H groups in total. The van der Waals surface area contributed by atoms with Crippen molar-refractivity contribution in [1.29, 1.82) is 0 Å². The van der Waals surface area contributed by atoms with E-state index < -0.39 is 0 Å². The van der Waals surface area contributed by atoms with Crippen LogP contribution in [0, 0.1) is 0 Å². The highest BCUT2D eigenvalue weighted by Crippen LogP contribution is 2.39. The number of hydrogen-bond acceptors (Lipinski definition) is 6. The third-order valence-electron chi connectivity index (χ3n) is 5.82. The van der Waals surface area contributed by atoms with E-state index in [1.807, 2.05) is 18.3 Å². The van der Waals surface area contributed by atoms with Gasteiger partial charge in [0.05, 0.1) is 21.9 Å². The molecule has 1 aliphatic heterocycles. The monoisotopic (exact) mass is 428 g/mol. The third-order valence-corrected chi connectivity index (χ3v) is 6.64. The second-order valence-corrected chi connectivity index (χ2v) is 8.06. The van der Waals surface area contributed by atoms with Gasteiger partial charge in [0.1, 0.15) is 11.5 Å². The van der Waals surface area contributed by atoms with Crippen LogP contribution in [0.5, 0.6) is 0 Å². The third kappa shape index (κ3) is 3.74. The summed E-state index contributed by atoms with van der Waals surface area (Å²) in [7, 11) is 0. The zero-order valence-electron chi connectivity index (χ0n) is 16.1. The fourth-order valence-electron chi connectivity index (χ4n) is 3.97. The summed E-state index contributed by atoms with van der Waals surface area (Å²) in [4.78, 5) is 20.2. The summed E-state index contributed by atoms with van der Waals surface area (Å²) in [5, 5.41) is 0.892. The summed E-state index contributed by atoms with van der Waals surface area (Å²) in [5.41, 5.74) is 8.58. The molecule has 1 saturated heterocycles. The van der Waals surface area contributed by atoms with E-state index >= 15 is 0 Å². The van der Waals surface area contributed by atoms with E-state index in [2.05, 4.69) is 31.8 Å². The molecule has 3 heterocycles. The average Bonchev–Trinajstić information content (AvgIpc) is 2.76. The van der Waals surface area contributed by atoms with Crippen LogP contribution in [0.1, 0.15) is 31.9 Å². The molecule has 0 atom stereocenters. The van der Waals surface area contributed by atoms with Crippen molar-refractivity contribution in [3.05, 3.63) is 58.7 Å². The Hall–Kier alpha value is -2.44. The van der Waals surface area contributed by atoms with Gasteiger partial charge in [-0.3, -0.25) is 9.97 Å². The molecule has 150 valence electrons. The van der Waals surface area contributed by atoms with E-state index in [0.29, 0.717) is 27.1 Å². The number of piperidine rings is 1. The fraction of sp³-hybridized carbons (Fsp3) is 0.333. The van der Waals surface area contributed by atoms with Gasteiger partial charge in [-0.1, -0.05) is 42.3 Å². The molecule has 6 nitrogen and oxygen atoms in total. The molecule has 0 amide bonds. The van der Waals surface area contributed by atoms with Gasteiger partial charge in [0.2, 0.25) is 0 Å². The summed E-state index contributed by atoms with van der Waals surface area (Å²) in [6.45, 7) is 3.93. The van der Waals surface area contributed by atoms with E-state index in [1.54, 1.807) is 24.7 Å². The van der Waals surface area contributed by atoms with Crippen LogP contribution < -0.4 is 10.6 Å². The Balaban J connectivity index is 1.55. The van der Waals surface area contributed by atoms with Crippen molar-refractivity contribution in [2.24, 2.45) is 0 Å². The normalized spacial score (nSPS) is 16.0. The molecule has 0 bridgehead atoms. The molecule has 0 saturated carbocycles. The predicted octanol–water partition coefficient (Wildman–Crippen LogP) is 4.77. The number of anilines is 2. The Kier molecular flexibility index (Phi) is 5.56. The molecule has 2 aromatic heterocycles. The quantitative estimate of drug-likeness (QED) is 0.644. The number of halogens is 2. The second kappa shape index (κ2) is 8.13. The lowest BCUT2D eigenvalue weighted by Gasteiger charge is -2.41. The van der Waals surface area contributed by atoms with Crippen LogP contribution in [0.3, 0.4) is 0 Å². The van der Waals surface area contributed by atoms with Gasteiger partial charge in [0.15, 0.2) is 5.82 Å². The van der Waals surface area contributed by atoms with Gasteiger partial charge in [0.25, 0.3) is 0 Å². The molecule has 0 spiro atoms. The zero-order chi connectivity index (χ0) is 20.4. The number of benzene rings is 1. The number of aromatic nitrogens is 4. The van der Waals surface area contributed by atoms with Gasteiger partial charge < -0.3 is 10.6 Å².